The van der Waals surface area contributed by atoms with Crippen molar-refractivity contribution in [3.63, 3.8) is 0 Å². The summed E-state index contributed by atoms with van der Waals surface area (Å²) in [4.78, 5) is 45.0. The fourth-order valence-corrected chi connectivity index (χ4v) is 6.58. The van der Waals surface area contributed by atoms with Crippen molar-refractivity contribution < 1.29 is 37.4 Å². The van der Waals surface area contributed by atoms with Crippen LogP contribution in [0.15, 0.2) is 53.7 Å². The summed E-state index contributed by atoms with van der Waals surface area (Å²) >= 11 is 0. The largest absolute Gasteiger partial charge is 0.496 e. The molecule has 2 fully saturated rings. The van der Waals surface area contributed by atoms with Crippen LogP contribution in [0.25, 0.3) is 0 Å². The average Bonchev–Trinajstić information content (AvgIpc) is 3.01. The minimum absolute atomic E-state index is 0.0385. The molecule has 236 valence electrons. The van der Waals surface area contributed by atoms with Crippen LogP contribution < -0.4 is 10.1 Å². The second-order valence-electron chi connectivity index (χ2n) is 11.4. The Bertz CT molecular complexity index is 1440. The summed E-state index contributed by atoms with van der Waals surface area (Å²) in [6.07, 6.45) is 4.12. The van der Waals surface area contributed by atoms with E-state index in [1.165, 1.54) is 23.6 Å². The molecule has 1 saturated heterocycles. The predicted octanol–water partition coefficient (Wildman–Crippen LogP) is 4.58. The standard InChI is InChI=1S/C32H38F2N4O6/c1-36(22-16-37(17-22)21-12-9-19(10-13-21)23-7-5-6-8-27(23)43-3)32(41)38-29(20-11-14-24(33)25(34)15-20)28(30(39)44-4)26(18-42-2)35-31(38)40/h5-8,11,14-15,19,21-22,29H,9-10,12-13,16-18H2,1-4H3,(H,35,40)/t19?,21?,29-/m0/s1. The van der Waals surface area contributed by atoms with Crippen LogP contribution in [0.1, 0.15) is 48.8 Å². The summed E-state index contributed by atoms with van der Waals surface area (Å²) < 4.78 is 43.9. The van der Waals surface area contributed by atoms with Crippen molar-refractivity contribution in [2.75, 3.05) is 48.1 Å². The number of nitrogens with zero attached hydrogens (tertiary/aromatic N) is 3. The second kappa shape index (κ2) is 13.3. The summed E-state index contributed by atoms with van der Waals surface area (Å²) in [6, 6.07) is 8.49. The number of urea groups is 2. The maximum absolute atomic E-state index is 14.4. The van der Waals surface area contributed by atoms with E-state index in [1.54, 1.807) is 14.2 Å². The van der Waals surface area contributed by atoms with Gasteiger partial charge in [0.2, 0.25) is 0 Å². The van der Waals surface area contributed by atoms with Gasteiger partial charge in [0.25, 0.3) is 0 Å². The van der Waals surface area contributed by atoms with Gasteiger partial charge in [-0.3, -0.25) is 4.90 Å². The highest BCUT2D eigenvalue weighted by atomic mass is 19.2. The number of hydrogen-bond acceptors (Lipinski definition) is 7. The molecule has 5 rings (SSSR count). The highest BCUT2D eigenvalue weighted by Crippen LogP contribution is 2.40. The van der Waals surface area contributed by atoms with Gasteiger partial charge in [-0.05, 0) is 60.9 Å². The van der Waals surface area contributed by atoms with Crippen LogP contribution >= 0.6 is 0 Å². The van der Waals surface area contributed by atoms with Gasteiger partial charge in [-0.15, -0.1) is 0 Å². The van der Waals surface area contributed by atoms with Crippen LogP contribution in [0.5, 0.6) is 5.75 Å². The molecule has 1 aliphatic carbocycles. The van der Waals surface area contributed by atoms with Gasteiger partial charge in [-0.2, -0.15) is 0 Å². The Labute approximate surface area is 255 Å². The van der Waals surface area contributed by atoms with Crippen LogP contribution in [0.2, 0.25) is 0 Å². The Kier molecular flexibility index (Phi) is 9.50. The van der Waals surface area contributed by atoms with Gasteiger partial charge >= 0.3 is 18.0 Å². The molecule has 1 saturated carbocycles. The zero-order valence-corrected chi connectivity index (χ0v) is 25.3. The number of carbonyl (C=O) groups excluding carboxylic acids is 3. The summed E-state index contributed by atoms with van der Waals surface area (Å²) in [6.45, 7) is 1.09. The smallest absolute Gasteiger partial charge is 0.338 e. The van der Waals surface area contributed by atoms with E-state index in [4.69, 9.17) is 14.2 Å². The Hall–Kier alpha value is -4.03. The molecule has 0 bridgehead atoms. The first-order chi connectivity index (χ1) is 21.2. The third kappa shape index (κ3) is 6.00. The number of amides is 4. The molecule has 1 N–H and O–H groups in total. The van der Waals surface area contributed by atoms with Crippen molar-refractivity contribution in [1.82, 2.24) is 20.0 Å². The highest BCUT2D eigenvalue weighted by Gasteiger charge is 2.46. The minimum Gasteiger partial charge on any atom is -0.496 e. The van der Waals surface area contributed by atoms with Crippen molar-refractivity contribution >= 4 is 18.0 Å². The molecule has 4 amide bonds. The first kappa shape index (κ1) is 31.4. The number of para-hydroxylation sites is 1. The van der Waals surface area contributed by atoms with Gasteiger partial charge in [0.05, 0.1) is 38.1 Å². The van der Waals surface area contributed by atoms with Crippen LogP contribution in [-0.2, 0) is 14.3 Å². The van der Waals surface area contributed by atoms with E-state index in [0.29, 0.717) is 25.0 Å². The summed E-state index contributed by atoms with van der Waals surface area (Å²) in [5, 5.41) is 2.56. The number of likely N-dealkylation sites (tertiary alicyclic amines) is 1. The Morgan fingerprint density at radius 2 is 1.70 bits per heavy atom. The molecule has 0 unspecified atom stereocenters. The topological polar surface area (TPSA) is 101 Å². The second-order valence-corrected chi connectivity index (χ2v) is 11.4. The number of rotatable bonds is 8. The molecule has 10 nitrogen and oxygen atoms in total. The Morgan fingerprint density at radius 1 is 1.00 bits per heavy atom. The summed E-state index contributed by atoms with van der Waals surface area (Å²) in [5.74, 6) is -1.76. The van der Waals surface area contributed by atoms with Crippen LogP contribution in [0, 0.1) is 11.6 Å². The fraction of sp³-hybridized carbons (Fsp3) is 0.469. The number of esters is 1. The van der Waals surface area contributed by atoms with E-state index >= 15 is 0 Å². The van der Waals surface area contributed by atoms with Crippen molar-refractivity contribution in [2.24, 2.45) is 0 Å². The highest BCUT2D eigenvalue weighted by molar-refractivity contribution is 6.01. The van der Waals surface area contributed by atoms with Crippen molar-refractivity contribution in [1.29, 1.82) is 0 Å². The van der Waals surface area contributed by atoms with E-state index in [-0.39, 0.29) is 29.5 Å². The third-order valence-corrected chi connectivity index (χ3v) is 9.02. The van der Waals surface area contributed by atoms with Gasteiger partial charge in [-0.1, -0.05) is 24.3 Å². The summed E-state index contributed by atoms with van der Waals surface area (Å²) in [7, 11) is 5.83. The van der Waals surface area contributed by atoms with Gasteiger partial charge < -0.3 is 24.4 Å². The number of nitrogens with one attached hydrogen (secondary N) is 1. The Balaban J connectivity index is 1.30. The molecule has 0 spiro atoms. The molecule has 2 heterocycles. The van der Waals surface area contributed by atoms with Gasteiger partial charge in [-0.25, -0.2) is 28.1 Å². The van der Waals surface area contributed by atoms with Gasteiger partial charge in [0, 0.05) is 33.3 Å². The van der Waals surface area contributed by atoms with E-state index < -0.39 is 35.7 Å². The zero-order valence-electron chi connectivity index (χ0n) is 25.3. The number of ether oxygens (including phenoxy) is 3. The van der Waals surface area contributed by atoms with E-state index in [9.17, 15) is 23.2 Å². The number of carbonyl (C=O) groups is 3. The lowest BCUT2D eigenvalue weighted by Gasteiger charge is -2.50. The quantitative estimate of drug-likeness (QED) is 0.436. The molecule has 1 atom stereocenters. The first-order valence-electron chi connectivity index (χ1n) is 14.7. The number of benzene rings is 2. The zero-order chi connectivity index (χ0) is 31.5. The molecule has 12 heteroatoms. The maximum atomic E-state index is 14.4. The SMILES string of the molecule is COCC1=C(C(=O)OC)[C@H](c2ccc(F)c(F)c2)N(C(=O)N(C)C2CN(C3CCC(c4ccccc4OC)CC3)C2)C(=O)N1. The fourth-order valence-electron chi connectivity index (χ4n) is 6.58. The lowest BCUT2D eigenvalue weighted by Crippen LogP contribution is -2.65. The van der Waals surface area contributed by atoms with Crippen molar-refractivity contribution in [3.05, 3.63) is 76.5 Å². The van der Waals surface area contributed by atoms with Gasteiger partial charge in [0.1, 0.15) is 11.8 Å². The monoisotopic (exact) mass is 612 g/mol. The number of imide groups is 1. The molecule has 44 heavy (non-hydrogen) atoms. The molecular weight excluding hydrogens is 574 g/mol. The van der Waals surface area contributed by atoms with E-state index in [1.807, 2.05) is 18.2 Å². The van der Waals surface area contributed by atoms with E-state index in [2.05, 4.69) is 16.3 Å². The molecular formula is C32H38F2N4O6. The lowest BCUT2D eigenvalue weighted by atomic mass is 9.80. The number of hydrogen-bond donors (Lipinski definition) is 1. The predicted molar refractivity (Wildman–Crippen MR) is 157 cm³/mol. The van der Waals surface area contributed by atoms with Gasteiger partial charge in [0.15, 0.2) is 11.6 Å². The maximum Gasteiger partial charge on any atom is 0.338 e. The van der Waals surface area contributed by atoms with E-state index in [0.717, 1.165) is 55.6 Å². The molecule has 3 aliphatic rings. The van der Waals surface area contributed by atoms with Crippen LogP contribution in [-0.4, -0.2) is 92.9 Å². The number of likely N-dealkylation sites (N-methyl/N-ethyl adjacent to an activating group) is 1. The lowest BCUT2D eigenvalue weighted by molar-refractivity contribution is -0.137. The summed E-state index contributed by atoms with van der Waals surface area (Å²) in [5.41, 5.74) is 1.24. The normalized spacial score (nSPS) is 22.7. The number of methoxy groups -OCH3 is 3. The average molecular weight is 613 g/mol. The molecule has 0 aromatic heterocycles. The minimum atomic E-state index is -1.37. The Morgan fingerprint density at radius 3 is 2.34 bits per heavy atom. The van der Waals surface area contributed by atoms with Crippen molar-refractivity contribution in [3.8, 4) is 5.75 Å². The molecule has 0 radical (unpaired) electrons. The molecule has 2 aromatic carbocycles. The first-order valence-corrected chi connectivity index (χ1v) is 14.7. The third-order valence-electron chi connectivity index (χ3n) is 9.02. The molecule has 2 aromatic rings. The van der Waals surface area contributed by atoms with Crippen LogP contribution in [0.3, 0.4) is 0 Å². The van der Waals surface area contributed by atoms with Crippen LogP contribution in [0.4, 0.5) is 18.4 Å². The number of halogens is 2. The van der Waals surface area contributed by atoms with Crippen molar-refractivity contribution in [2.45, 2.75) is 49.7 Å². The molecule has 2 aliphatic heterocycles.